The van der Waals surface area contributed by atoms with Gasteiger partial charge in [-0.3, -0.25) is 24.0 Å². The number of primary amides is 1. The number of carboxylic acid groups (broad SMARTS) is 2. The quantitative estimate of drug-likeness (QED) is 0.158. The second-order valence-corrected chi connectivity index (χ2v) is 8.07. The normalized spacial score (nSPS) is 18.3. The zero-order chi connectivity index (χ0) is 24.4. The van der Waals surface area contributed by atoms with Crippen molar-refractivity contribution >= 4 is 35.6 Å². The van der Waals surface area contributed by atoms with Crippen LogP contribution in [0.5, 0.6) is 0 Å². The summed E-state index contributed by atoms with van der Waals surface area (Å²) < 4.78 is 0. The number of rotatable bonds is 13. The molecule has 8 N–H and O–H groups in total. The lowest BCUT2D eigenvalue weighted by Crippen LogP contribution is -2.58. The van der Waals surface area contributed by atoms with E-state index < -0.39 is 66.7 Å². The molecule has 0 bridgehead atoms. The van der Waals surface area contributed by atoms with Crippen LogP contribution in [0.4, 0.5) is 0 Å². The first-order valence-electron chi connectivity index (χ1n) is 10.3. The fourth-order valence-electron chi connectivity index (χ4n) is 3.21. The largest absolute Gasteiger partial charge is 0.481 e. The summed E-state index contributed by atoms with van der Waals surface area (Å²) in [6.07, 6.45) is 0.129. The van der Waals surface area contributed by atoms with Crippen molar-refractivity contribution in [1.82, 2.24) is 21.3 Å². The van der Waals surface area contributed by atoms with E-state index >= 15 is 0 Å². The maximum absolute atomic E-state index is 12.8. The van der Waals surface area contributed by atoms with Crippen molar-refractivity contribution in [3.8, 4) is 0 Å². The number of amides is 4. The SMILES string of the molecule is CC(C)CC(NC(=O)C1CCCN1)C(=O)NC(CC(N)=O)C(=O)NC(CC(=O)O)C(=O)O. The Labute approximate surface area is 184 Å². The smallest absolute Gasteiger partial charge is 0.326 e. The van der Waals surface area contributed by atoms with E-state index in [1.165, 1.54) is 0 Å². The number of hydrogen-bond acceptors (Lipinski definition) is 7. The molecule has 180 valence electrons. The van der Waals surface area contributed by atoms with Gasteiger partial charge in [-0.25, -0.2) is 4.79 Å². The van der Waals surface area contributed by atoms with Gasteiger partial charge in [0.15, 0.2) is 0 Å². The van der Waals surface area contributed by atoms with Crippen LogP contribution in [0, 0.1) is 5.92 Å². The highest BCUT2D eigenvalue weighted by atomic mass is 16.4. The highest BCUT2D eigenvalue weighted by Gasteiger charge is 2.33. The third kappa shape index (κ3) is 9.29. The molecular formula is C19H31N5O8. The van der Waals surface area contributed by atoms with Crippen LogP contribution < -0.4 is 27.0 Å². The highest BCUT2D eigenvalue weighted by molar-refractivity contribution is 5.96. The molecule has 1 fully saturated rings. The summed E-state index contributed by atoms with van der Waals surface area (Å²) in [7, 11) is 0. The number of aliphatic carboxylic acids is 2. The Bertz CT molecular complexity index is 735. The van der Waals surface area contributed by atoms with E-state index in [0.29, 0.717) is 13.0 Å². The predicted octanol–water partition coefficient (Wildman–Crippen LogP) is -2.33. The van der Waals surface area contributed by atoms with Crippen molar-refractivity contribution in [2.45, 2.75) is 70.1 Å². The maximum Gasteiger partial charge on any atom is 0.326 e. The zero-order valence-electron chi connectivity index (χ0n) is 18.1. The average molecular weight is 457 g/mol. The van der Waals surface area contributed by atoms with Crippen LogP contribution in [0.1, 0.15) is 46.0 Å². The number of hydrogen-bond donors (Lipinski definition) is 7. The molecule has 13 heteroatoms. The first-order chi connectivity index (χ1) is 14.9. The highest BCUT2D eigenvalue weighted by Crippen LogP contribution is 2.10. The fraction of sp³-hybridized carbons (Fsp3) is 0.684. The standard InChI is InChI=1S/C19H31N5O8/c1-9(2)6-11(22-16(28)10-4-3-5-21-10)17(29)23-12(7-14(20)25)18(30)24-13(19(31)32)8-15(26)27/h9-13,21H,3-8H2,1-2H3,(H2,20,25)(H,22,28)(H,23,29)(H,24,30)(H,26,27)(H,31,32). The number of nitrogens with two attached hydrogens (primary N) is 1. The fourth-order valence-corrected chi connectivity index (χ4v) is 3.21. The number of nitrogens with one attached hydrogen (secondary N) is 4. The van der Waals surface area contributed by atoms with Crippen molar-refractivity contribution in [1.29, 1.82) is 0 Å². The summed E-state index contributed by atoms with van der Waals surface area (Å²) in [6, 6.07) is -4.77. The Morgan fingerprint density at radius 1 is 0.938 bits per heavy atom. The van der Waals surface area contributed by atoms with Gasteiger partial charge in [0, 0.05) is 0 Å². The molecule has 32 heavy (non-hydrogen) atoms. The molecule has 4 atom stereocenters. The Hall–Kier alpha value is -3.22. The molecule has 0 aromatic carbocycles. The van der Waals surface area contributed by atoms with Crippen molar-refractivity contribution < 1.29 is 39.0 Å². The van der Waals surface area contributed by atoms with Crippen molar-refractivity contribution in [3.05, 3.63) is 0 Å². The van der Waals surface area contributed by atoms with Gasteiger partial charge in [0.1, 0.15) is 18.1 Å². The first kappa shape index (κ1) is 26.8. The molecule has 0 aromatic heterocycles. The van der Waals surface area contributed by atoms with Crippen LogP contribution in [-0.2, 0) is 28.8 Å². The molecule has 0 aromatic rings. The van der Waals surface area contributed by atoms with E-state index in [0.717, 1.165) is 6.42 Å². The summed E-state index contributed by atoms with van der Waals surface area (Å²) in [4.78, 5) is 71.2. The van der Waals surface area contributed by atoms with Gasteiger partial charge in [-0.15, -0.1) is 0 Å². The molecule has 4 amide bonds. The van der Waals surface area contributed by atoms with Gasteiger partial charge in [-0.05, 0) is 31.7 Å². The molecule has 13 nitrogen and oxygen atoms in total. The zero-order valence-corrected chi connectivity index (χ0v) is 18.1. The Balaban J connectivity index is 2.93. The molecule has 0 radical (unpaired) electrons. The van der Waals surface area contributed by atoms with Gasteiger partial charge < -0.3 is 37.2 Å². The summed E-state index contributed by atoms with van der Waals surface area (Å²) in [5.41, 5.74) is 5.14. The Morgan fingerprint density at radius 2 is 1.53 bits per heavy atom. The van der Waals surface area contributed by atoms with Gasteiger partial charge in [0.2, 0.25) is 23.6 Å². The minimum absolute atomic E-state index is 0.00189. The molecular weight excluding hydrogens is 426 g/mol. The van der Waals surface area contributed by atoms with Crippen molar-refractivity contribution in [2.24, 2.45) is 11.7 Å². The summed E-state index contributed by atoms with van der Waals surface area (Å²) >= 11 is 0. The molecule has 1 aliphatic rings. The van der Waals surface area contributed by atoms with Crippen LogP contribution in [0.15, 0.2) is 0 Å². The van der Waals surface area contributed by atoms with Gasteiger partial charge in [-0.1, -0.05) is 13.8 Å². The number of carboxylic acids is 2. The number of carbonyl (C=O) groups is 6. The van der Waals surface area contributed by atoms with E-state index in [9.17, 15) is 28.8 Å². The Morgan fingerprint density at radius 3 is 2.00 bits per heavy atom. The van der Waals surface area contributed by atoms with Gasteiger partial charge in [0.05, 0.1) is 18.9 Å². The van der Waals surface area contributed by atoms with Crippen LogP contribution in [0.2, 0.25) is 0 Å². The predicted molar refractivity (Wildman–Crippen MR) is 110 cm³/mol. The third-order valence-corrected chi connectivity index (χ3v) is 4.75. The number of carbonyl (C=O) groups excluding carboxylic acids is 4. The van der Waals surface area contributed by atoms with Crippen molar-refractivity contribution in [3.63, 3.8) is 0 Å². The molecule has 1 heterocycles. The summed E-state index contributed by atoms with van der Waals surface area (Å²) in [5, 5.41) is 27.9. The summed E-state index contributed by atoms with van der Waals surface area (Å²) in [6.45, 7) is 4.34. The van der Waals surface area contributed by atoms with E-state index in [4.69, 9.17) is 15.9 Å². The van der Waals surface area contributed by atoms with Crippen molar-refractivity contribution in [2.75, 3.05) is 6.54 Å². The van der Waals surface area contributed by atoms with E-state index in [2.05, 4.69) is 16.0 Å². The monoisotopic (exact) mass is 457 g/mol. The van der Waals surface area contributed by atoms with Crippen LogP contribution in [0.3, 0.4) is 0 Å². The average Bonchev–Trinajstić information content (AvgIpc) is 3.20. The lowest BCUT2D eigenvalue weighted by Gasteiger charge is -2.25. The summed E-state index contributed by atoms with van der Waals surface area (Å²) in [5.74, 6) is -6.22. The van der Waals surface area contributed by atoms with E-state index in [1.54, 1.807) is 0 Å². The maximum atomic E-state index is 12.8. The lowest BCUT2D eigenvalue weighted by atomic mass is 10.0. The molecule has 1 rings (SSSR count). The van der Waals surface area contributed by atoms with Crippen LogP contribution in [0.25, 0.3) is 0 Å². The minimum Gasteiger partial charge on any atom is -0.481 e. The second kappa shape index (κ2) is 12.6. The van der Waals surface area contributed by atoms with E-state index in [1.807, 2.05) is 19.2 Å². The molecule has 0 aliphatic carbocycles. The third-order valence-electron chi connectivity index (χ3n) is 4.75. The van der Waals surface area contributed by atoms with Gasteiger partial charge in [-0.2, -0.15) is 0 Å². The molecule has 1 saturated heterocycles. The van der Waals surface area contributed by atoms with Crippen LogP contribution in [-0.4, -0.2) is 76.5 Å². The molecule has 0 saturated carbocycles. The minimum atomic E-state index is -1.77. The molecule has 4 unspecified atom stereocenters. The van der Waals surface area contributed by atoms with Gasteiger partial charge >= 0.3 is 11.9 Å². The topological polar surface area (TPSA) is 217 Å². The second-order valence-electron chi connectivity index (χ2n) is 8.07. The van der Waals surface area contributed by atoms with Crippen LogP contribution >= 0.6 is 0 Å². The van der Waals surface area contributed by atoms with Gasteiger partial charge in [0.25, 0.3) is 0 Å². The molecule has 0 spiro atoms. The first-order valence-corrected chi connectivity index (χ1v) is 10.3. The van der Waals surface area contributed by atoms with E-state index in [-0.39, 0.29) is 18.2 Å². The lowest BCUT2D eigenvalue weighted by molar-refractivity contribution is -0.147. The molecule has 1 aliphatic heterocycles. The Kier molecular flexibility index (Phi) is 10.5.